The first-order valence-corrected chi connectivity index (χ1v) is 6.69. The lowest BCUT2D eigenvalue weighted by molar-refractivity contribution is 0.548. The predicted octanol–water partition coefficient (Wildman–Crippen LogP) is 2.70. The zero-order valence-electron chi connectivity index (χ0n) is 11.6. The molecule has 100 valence electrons. The number of nitrogens with one attached hydrogen (secondary N) is 1. The van der Waals surface area contributed by atoms with Gasteiger partial charge in [-0.25, -0.2) is 0 Å². The Bertz CT molecular complexity index is 520. The number of rotatable bonds is 5. The molecule has 3 nitrogen and oxygen atoms in total. The molecule has 0 bridgehead atoms. The molecule has 3 N–H and O–H groups in total. The van der Waals surface area contributed by atoms with Gasteiger partial charge >= 0.3 is 0 Å². The molecular formula is C16H21N3. The summed E-state index contributed by atoms with van der Waals surface area (Å²) < 4.78 is 0. The zero-order valence-corrected chi connectivity index (χ0v) is 11.6. The number of hydrogen-bond donors (Lipinski definition) is 2. The molecule has 1 unspecified atom stereocenters. The van der Waals surface area contributed by atoms with Crippen molar-refractivity contribution in [2.75, 3.05) is 0 Å². The van der Waals surface area contributed by atoms with Crippen LogP contribution in [0.2, 0.25) is 0 Å². The fraction of sp³-hybridized carbons (Fsp3) is 0.312. The average Bonchev–Trinajstić information content (AvgIpc) is 2.46. The van der Waals surface area contributed by atoms with Crippen molar-refractivity contribution in [2.45, 2.75) is 32.7 Å². The van der Waals surface area contributed by atoms with E-state index in [1.165, 1.54) is 16.7 Å². The van der Waals surface area contributed by atoms with E-state index < -0.39 is 0 Å². The molecule has 1 atom stereocenters. The number of pyridine rings is 1. The third-order valence-electron chi connectivity index (χ3n) is 3.51. The molecule has 3 heteroatoms. The molecule has 0 saturated heterocycles. The number of hydrogen-bond acceptors (Lipinski definition) is 3. The van der Waals surface area contributed by atoms with Crippen molar-refractivity contribution in [3.63, 3.8) is 0 Å². The molecule has 1 heterocycles. The Morgan fingerprint density at radius 1 is 1.16 bits per heavy atom. The van der Waals surface area contributed by atoms with Gasteiger partial charge in [0.05, 0.1) is 6.04 Å². The van der Waals surface area contributed by atoms with Gasteiger partial charge in [0.25, 0.3) is 0 Å². The number of aromatic nitrogens is 1. The lowest BCUT2D eigenvalue weighted by Crippen LogP contribution is -2.30. The van der Waals surface area contributed by atoms with E-state index in [2.05, 4.69) is 48.5 Å². The largest absolute Gasteiger partial charge is 0.271 e. The third kappa shape index (κ3) is 3.40. The van der Waals surface area contributed by atoms with E-state index >= 15 is 0 Å². The average molecular weight is 255 g/mol. The molecule has 0 spiro atoms. The van der Waals surface area contributed by atoms with Gasteiger partial charge in [0.15, 0.2) is 0 Å². The van der Waals surface area contributed by atoms with E-state index in [9.17, 15) is 0 Å². The van der Waals surface area contributed by atoms with Gasteiger partial charge in [-0.3, -0.25) is 16.3 Å². The van der Waals surface area contributed by atoms with E-state index in [1.807, 2.05) is 18.5 Å². The van der Waals surface area contributed by atoms with Crippen LogP contribution in [-0.4, -0.2) is 4.98 Å². The quantitative estimate of drug-likeness (QED) is 0.638. The maximum absolute atomic E-state index is 5.71. The van der Waals surface area contributed by atoms with E-state index in [4.69, 9.17) is 5.84 Å². The summed E-state index contributed by atoms with van der Waals surface area (Å²) in [4.78, 5) is 4.12. The summed E-state index contributed by atoms with van der Waals surface area (Å²) in [5, 5.41) is 0. The summed E-state index contributed by atoms with van der Waals surface area (Å²) in [6.45, 7) is 4.23. The van der Waals surface area contributed by atoms with Gasteiger partial charge in [0.1, 0.15) is 0 Å². The maximum atomic E-state index is 5.71. The van der Waals surface area contributed by atoms with Crippen molar-refractivity contribution in [3.8, 4) is 0 Å². The van der Waals surface area contributed by atoms with Gasteiger partial charge in [-0.2, -0.15) is 0 Å². The maximum Gasteiger partial charge on any atom is 0.0504 e. The number of benzene rings is 1. The van der Waals surface area contributed by atoms with Crippen molar-refractivity contribution in [2.24, 2.45) is 5.84 Å². The van der Waals surface area contributed by atoms with Gasteiger partial charge in [0, 0.05) is 12.4 Å². The molecule has 0 fully saturated rings. The van der Waals surface area contributed by atoms with Gasteiger partial charge in [-0.1, -0.05) is 31.2 Å². The Hall–Kier alpha value is -1.71. The van der Waals surface area contributed by atoms with E-state index in [0.29, 0.717) is 0 Å². The van der Waals surface area contributed by atoms with Crippen molar-refractivity contribution < 1.29 is 0 Å². The minimum atomic E-state index is 0.121. The molecule has 0 radical (unpaired) electrons. The van der Waals surface area contributed by atoms with Crippen LogP contribution in [0.3, 0.4) is 0 Å². The first kappa shape index (κ1) is 13.7. The van der Waals surface area contributed by atoms with Crippen LogP contribution in [-0.2, 0) is 12.8 Å². The van der Waals surface area contributed by atoms with Crippen LogP contribution in [0.5, 0.6) is 0 Å². The number of aryl methyl sites for hydroxylation is 2. The van der Waals surface area contributed by atoms with Crippen LogP contribution in [0, 0.1) is 6.92 Å². The second kappa shape index (κ2) is 6.45. The van der Waals surface area contributed by atoms with Crippen molar-refractivity contribution >= 4 is 0 Å². The zero-order chi connectivity index (χ0) is 13.7. The fourth-order valence-corrected chi connectivity index (χ4v) is 2.28. The van der Waals surface area contributed by atoms with Crippen LogP contribution in [0.4, 0.5) is 0 Å². The first-order chi connectivity index (χ1) is 9.24. The molecule has 1 aromatic carbocycles. The lowest BCUT2D eigenvalue weighted by atomic mass is 9.96. The summed E-state index contributed by atoms with van der Waals surface area (Å²) in [7, 11) is 0. The molecule has 0 aliphatic heterocycles. The molecule has 0 saturated carbocycles. The van der Waals surface area contributed by atoms with E-state index in [-0.39, 0.29) is 6.04 Å². The summed E-state index contributed by atoms with van der Waals surface area (Å²) in [6.07, 6.45) is 5.64. The Labute approximate surface area is 114 Å². The van der Waals surface area contributed by atoms with Crippen LogP contribution >= 0.6 is 0 Å². The minimum absolute atomic E-state index is 0.121. The molecule has 0 aliphatic carbocycles. The number of nitrogens with zero attached hydrogens (tertiary/aromatic N) is 1. The summed E-state index contributed by atoms with van der Waals surface area (Å²) in [6, 6.07) is 10.9. The van der Waals surface area contributed by atoms with Crippen molar-refractivity contribution in [3.05, 3.63) is 65.0 Å². The highest BCUT2D eigenvalue weighted by Crippen LogP contribution is 2.20. The van der Waals surface area contributed by atoms with E-state index in [1.54, 1.807) is 0 Å². The molecular weight excluding hydrogens is 234 g/mol. The van der Waals surface area contributed by atoms with Crippen LogP contribution in [0.25, 0.3) is 0 Å². The molecule has 0 amide bonds. The Morgan fingerprint density at radius 3 is 2.42 bits per heavy atom. The standard InChI is InChI=1S/C16H21N3/c1-3-13-4-6-14(7-5-13)10-16(19-17)15-8-9-18-11-12(15)2/h4-9,11,16,19H,3,10,17H2,1-2H3. The summed E-state index contributed by atoms with van der Waals surface area (Å²) in [5.41, 5.74) is 7.93. The van der Waals surface area contributed by atoms with E-state index in [0.717, 1.165) is 18.4 Å². The van der Waals surface area contributed by atoms with Gasteiger partial charge in [0.2, 0.25) is 0 Å². The summed E-state index contributed by atoms with van der Waals surface area (Å²) in [5.74, 6) is 5.71. The van der Waals surface area contributed by atoms with Crippen LogP contribution < -0.4 is 11.3 Å². The monoisotopic (exact) mass is 255 g/mol. The van der Waals surface area contributed by atoms with Crippen LogP contribution in [0.1, 0.15) is 35.2 Å². The lowest BCUT2D eigenvalue weighted by Gasteiger charge is -2.18. The Morgan fingerprint density at radius 2 is 1.84 bits per heavy atom. The Kier molecular flexibility index (Phi) is 4.66. The molecule has 19 heavy (non-hydrogen) atoms. The normalized spacial score (nSPS) is 12.4. The highest BCUT2D eigenvalue weighted by molar-refractivity contribution is 5.29. The summed E-state index contributed by atoms with van der Waals surface area (Å²) >= 11 is 0. The Balaban J connectivity index is 2.17. The second-order valence-corrected chi connectivity index (χ2v) is 4.83. The van der Waals surface area contributed by atoms with Crippen molar-refractivity contribution in [1.29, 1.82) is 0 Å². The first-order valence-electron chi connectivity index (χ1n) is 6.69. The van der Waals surface area contributed by atoms with Gasteiger partial charge < -0.3 is 0 Å². The smallest absolute Gasteiger partial charge is 0.0504 e. The molecule has 2 aromatic rings. The highest BCUT2D eigenvalue weighted by Gasteiger charge is 2.12. The highest BCUT2D eigenvalue weighted by atomic mass is 15.2. The van der Waals surface area contributed by atoms with Gasteiger partial charge in [-0.15, -0.1) is 0 Å². The SMILES string of the molecule is CCc1ccc(CC(NN)c2ccncc2C)cc1. The van der Waals surface area contributed by atoms with Crippen LogP contribution in [0.15, 0.2) is 42.7 Å². The predicted molar refractivity (Wildman–Crippen MR) is 78.6 cm³/mol. The minimum Gasteiger partial charge on any atom is -0.271 e. The molecule has 1 aromatic heterocycles. The second-order valence-electron chi connectivity index (χ2n) is 4.83. The molecule has 2 rings (SSSR count). The fourth-order valence-electron chi connectivity index (χ4n) is 2.28. The van der Waals surface area contributed by atoms with Gasteiger partial charge in [-0.05, 0) is 48.1 Å². The topological polar surface area (TPSA) is 50.9 Å². The van der Waals surface area contributed by atoms with Crippen molar-refractivity contribution in [1.82, 2.24) is 10.4 Å². The molecule has 0 aliphatic rings. The third-order valence-corrected chi connectivity index (χ3v) is 3.51. The number of hydrazine groups is 1. The number of nitrogens with two attached hydrogens (primary N) is 1.